The van der Waals surface area contributed by atoms with Crippen molar-refractivity contribution >= 4 is 11.9 Å². The summed E-state index contributed by atoms with van der Waals surface area (Å²) in [5.74, 6) is -1.85. The maximum atomic E-state index is 12.9. The number of rotatable bonds is 4. The summed E-state index contributed by atoms with van der Waals surface area (Å²) in [4.78, 5) is 22.8. The van der Waals surface area contributed by atoms with E-state index < -0.39 is 11.8 Å². The van der Waals surface area contributed by atoms with Crippen molar-refractivity contribution in [1.29, 1.82) is 0 Å². The fraction of sp³-hybridized carbons (Fsp3) is 0.273. The van der Waals surface area contributed by atoms with Crippen molar-refractivity contribution in [1.82, 2.24) is 4.90 Å². The highest BCUT2D eigenvalue weighted by Crippen LogP contribution is 2.07. The van der Waals surface area contributed by atoms with E-state index in [1.807, 2.05) is 0 Å². The van der Waals surface area contributed by atoms with Crippen molar-refractivity contribution in [3.05, 3.63) is 35.6 Å². The Bertz CT molecular complexity index is 406. The maximum Gasteiger partial charge on any atom is 0.323 e. The molecule has 1 amide bonds. The number of hydrogen-bond donors (Lipinski definition) is 1. The average Bonchev–Trinajstić information content (AvgIpc) is 2.15. The van der Waals surface area contributed by atoms with E-state index in [-0.39, 0.29) is 19.0 Å². The predicted molar refractivity (Wildman–Crippen MR) is 55.1 cm³/mol. The van der Waals surface area contributed by atoms with Crippen LogP contribution in [0, 0.1) is 5.82 Å². The second kappa shape index (κ2) is 5.25. The molecular formula is C11H12FNO3. The Hall–Kier alpha value is -1.91. The molecule has 0 atom stereocenters. The van der Waals surface area contributed by atoms with Crippen molar-refractivity contribution < 1.29 is 19.1 Å². The van der Waals surface area contributed by atoms with Crippen LogP contribution in [0.4, 0.5) is 4.39 Å². The highest BCUT2D eigenvalue weighted by molar-refractivity contribution is 5.79. The van der Waals surface area contributed by atoms with E-state index in [1.165, 1.54) is 25.1 Å². The fourth-order valence-corrected chi connectivity index (χ4v) is 1.30. The monoisotopic (exact) mass is 225 g/mol. The molecule has 0 aliphatic rings. The smallest absolute Gasteiger partial charge is 0.323 e. The van der Waals surface area contributed by atoms with Gasteiger partial charge in [-0.3, -0.25) is 9.59 Å². The summed E-state index contributed by atoms with van der Waals surface area (Å²) in [6.45, 7) is 0.994. The molecular weight excluding hydrogens is 213 g/mol. The number of benzene rings is 1. The van der Waals surface area contributed by atoms with Gasteiger partial charge >= 0.3 is 5.97 Å². The first kappa shape index (κ1) is 12.2. The van der Waals surface area contributed by atoms with Crippen LogP contribution in [0.25, 0.3) is 0 Å². The molecule has 0 saturated carbocycles. The van der Waals surface area contributed by atoms with Gasteiger partial charge in [-0.05, 0) is 17.7 Å². The van der Waals surface area contributed by atoms with Gasteiger partial charge in [0, 0.05) is 13.5 Å². The van der Waals surface area contributed by atoms with E-state index in [1.54, 1.807) is 6.07 Å². The number of carboxylic acid groups (broad SMARTS) is 1. The molecule has 4 nitrogen and oxygen atoms in total. The molecule has 0 radical (unpaired) electrons. The number of nitrogens with zero attached hydrogens (tertiary/aromatic N) is 1. The van der Waals surface area contributed by atoms with Crippen LogP contribution in [0.3, 0.4) is 0 Å². The fourth-order valence-electron chi connectivity index (χ4n) is 1.30. The molecule has 1 aromatic carbocycles. The van der Waals surface area contributed by atoms with Crippen molar-refractivity contribution in [2.45, 2.75) is 13.5 Å². The highest BCUT2D eigenvalue weighted by Gasteiger charge is 2.13. The molecule has 5 heteroatoms. The van der Waals surface area contributed by atoms with Gasteiger partial charge in [-0.2, -0.15) is 0 Å². The zero-order chi connectivity index (χ0) is 12.1. The molecule has 0 aliphatic carbocycles. The summed E-state index contributed by atoms with van der Waals surface area (Å²) in [6.07, 6.45) is 0. The van der Waals surface area contributed by atoms with Gasteiger partial charge in [0.15, 0.2) is 0 Å². The standard InChI is InChI=1S/C11H12FNO3/c1-8(14)13(7-11(15)16)6-9-3-2-4-10(12)5-9/h2-5H,6-7H2,1H3,(H,15,16). The van der Waals surface area contributed by atoms with Crippen LogP contribution < -0.4 is 0 Å². The lowest BCUT2D eigenvalue weighted by Gasteiger charge is -2.18. The molecule has 0 aromatic heterocycles. The quantitative estimate of drug-likeness (QED) is 0.839. The zero-order valence-electron chi connectivity index (χ0n) is 8.81. The summed E-state index contributed by atoms with van der Waals surface area (Å²) >= 11 is 0. The largest absolute Gasteiger partial charge is 0.480 e. The number of hydrogen-bond acceptors (Lipinski definition) is 2. The van der Waals surface area contributed by atoms with Crippen LogP contribution >= 0.6 is 0 Å². The van der Waals surface area contributed by atoms with Crippen molar-refractivity contribution in [3.63, 3.8) is 0 Å². The van der Waals surface area contributed by atoms with Crippen LogP contribution in [-0.4, -0.2) is 28.4 Å². The molecule has 1 rings (SSSR count). The van der Waals surface area contributed by atoms with Crippen molar-refractivity contribution in [2.75, 3.05) is 6.54 Å². The summed E-state index contributed by atoms with van der Waals surface area (Å²) in [7, 11) is 0. The SMILES string of the molecule is CC(=O)N(CC(=O)O)Cc1cccc(F)c1. The second-order valence-corrected chi connectivity index (χ2v) is 3.40. The summed E-state index contributed by atoms with van der Waals surface area (Å²) in [5, 5.41) is 8.60. The third-order valence-electron chi connectivity index (χ3n) is 2.03. The van der Waals surface area contributed by atoms with Gasteiger partial charge in [0.25, 0.3) is 0 Å². The second-order valence-electron chi connectivity index (χ2n) is 3.40. The highest BCUT2D eigenvalue weighted by atomic mass is 19.1. The van der Waals surface area contributed by atoms with E-state index in [0.717, 1.165) is 4.90 Å². The summed E-state index contributed by atoms with van der Waals surface area (Å²) in [6, 6.07) is 5.72. The Morgan fingerprint density at radius 2 is 2.12 bits per heavy atom. The van der Waals surface area contributed by atoms with Crippen molar-refractivity contribution in [3.8, 4) is 0 Å². The number of halogens is 1. The van der Waals surface area contributed by atoms with E-state index in [9.17, 15) is 14.0 Å². The van der Waals surface area contributed by atoms with E-state index >= 15 is 0 Å². The predicted octanol–water partition coefficient (Wildman–Crippen LogP) is 1.26. The van der Waals surface area contributed by atoms with E-state index in [2.05, 4.69) is 0 Å². The van der Waals surface area contributed by atoms with Crippen LogP contribution in [-0.2, 0) is 16.1 Å². The molecule has 1 N–H and O–H groups in total. The first-order valence-corrected chi connectivity index (χ1v) is 4.71. The molecule has 0 saturated heterocycles. The van der Waals surface area contributed by atoms with Crippen LogP contribution in [0.5, 0.6) is 0 Å². The maximum absolute atomic E-state index is 12.9. The minimum atomic E-state index is -1.09. The number of carbonyl (C=O) groups is 2. The topological polar surface area (TPSA) is 57.6 Å². The van der Waals surface area contributed by atoms with Crippen LogP contribution in [0.2, 0.25) is 0 Å². The van der Waals surface area contributed by atoms with Gasteiger partial charge in [-0.15, -0.1) is 0 Å². The number of amides is 1. The summed E-state index contributed by atoms with van der Waals surface area (Å²) < 4.78 is 12.9. The van der Waals surface area contributed by atoms with Crippen LogP contribution in [0.15, 0.2) is 24.3 Å². The molecule has 1 aromatic rings. The Balaban J connectivity index is 2.75. The van der Waals surface area contributed by atoms with Gasteiger partial charge in [0.1, 0.15) is 12.4 Å². The lowest BCUT2D eigenvalue weighted by Crippen LogP contribution is -2.33. The molecule has 86 valence electrons. The molecule has 0 aliphatic heterocycles. The van der Waals surface area contributed by atoms with Gasteiger partial charge in [-0.25, -0.2) is 4.39 Å². The Kier molecular flexibility index (Phi) is 3.99. The zero-order valence-corrected chi connectivity index (χ0v) is 8.81. The summed E-state index contributed by atoms with van der Waals surface area (Å²) in [5.41, 5.74) is 0.566. The Morgan fingerprint density at radius 1 is 1.44 bits per heavy atom. The molecule has 0 unspecified atom stereocenters. The average molecular weight is 225 g/mol. The number of carboxylic acids is 1. The first-order chi connectivity index (χ1) is 7.49. The number of carbonyl (C=O) groups excluding carboxylic acids is 1. The molecule has 0 spiro atoms. The number of aliphatic carboxylic acids is 1. The van der Waals surface area contributed by atoms with Gasteiger partial charge in [-0.1, -0.05) is 12.1 Å². The lowest BCUT2D eigenvalue weighted by atomic mass is 10.2. The van der Waals surface area contributed by atoms with Crippen molar-refractivity contribution in [2.24, 2.45) is 0 Å². The van der Waals surface area contributed by atoms with Gasteiger partial charge in [0.05, 0.1) is 0 Å². The van der Waals surface area contributed by atoms with Crippen LogP contribution in [0.1, 0.15) is 12.5 Å². The lowest BCUT2D eigenvalue weighted by molar-refractivity contribution is -0.144. The van der Waals surface area contributed by atoms with Gasteiger partial charge in [0.2, 0.25) is 5.91 Å². The third kappa shape index (κ3) is 3.68. The van der Waals surface area contributed by atoms with E-state index in [4.69, 9.17) is 5.11 Å². The third-order valence-corrected chi connectivity index (χ3v) is 2.03. The Labute approximate surface area is 92.3 Å². The molecule has 16 heavy (non-hydrogen) atoms. The minimum absolute atomic E-state index is 0.0966. The first-order valence-electron chi connectivity index (χ1n) is 4.71. The molecule has 0 bridgehead atoms. The minimum Gasteiger partial charge on any atom is -0.480 e. The van der Waals surface area contributed by atoms with Gasteiger partial charge < -0.3 is 10.0 Å². The molecule has 0 heterocycles. The van der Waals surface area contributed by atoms with E-state index in [0.29, 0.717) is 5.56 Å². The molecule has 0 fully saturated rings. The Morgan fingerprint density at radius 3 is 2.62 bits per heavy atom. The normalized spacial score (nSPS) is 9.88.